The number of para-hydroxylation sites is 4. The van der Waals surface area contributed by atoms with Crippen LogP contribution in [0.15, 0.2) is 188 Å². The average molecular weight is 714 g/mol. The molecule has 0 aliphatic carbocycles. The number of rotatable bonds is 4. The zero-order valence-corrected chi connectivity index (χ0v) is 30.1. The van der Waals surface area contributed by atoms with E-state index in [4.69, 9.17) is 15.0 Å². The summed E-state index contributed by atoms with van der Waals surface area (Å²) in [5, 5.41) is 7.08. The van der Waals surface area contributed by atoms with E-state index in [0.29, 0.717) is 17.5 Å². The Hall–Kier alpha value is -7.63. The van der Waals surface area contributed by atoms with Crippen LogP contribution in [0.3, 0.4) is 0 Å². The van der Waals surface area contributed by atoms with Gasteiger partial charge in [0, 0.05) is 49.0 Å². The van der Waals surface area contributed by atoms with Crippen molar-refractivity contribution in [3.63, 3.8) is 0 Å². The second-order valence-corrected chi connectivity index (χ2v) is 14.4. The van der Waals surface area contributed by atoms with E-state index in [1.807, 2.05) is 24.3 Å². The Labute approximate surface area is 321 Å². The number of aromatic nitrogens is 5. The highest BCUT2D eigenvalue weighted by Gasteiger charge is 2.21. The first-order valence-electron chi connectivity index (χ1n) is 19.0. The zero-order chi connectivity index (χ0) is 36.7. The molecule has 0 radical (unpaired) electrons. The van der Waals surface area contributed by atoms with Crippen LogP contribution in [-0.4, -0.2) is 23.8 Å². The summed E-state index contributed by atoms with van der Waals surface area (Å²) >= 11 is 0. The van der Waals surface area contributed by atoms with Gasteiger partial charge in [-0.25, -0.2) is 15.0 Å². The molecule has 4 heterocycles. The lowest BCUT2D eigenvalue weighted by Crippen LogP contribution is -2.00. The lowest BCUT2D eigenvalue weighted by Gasteiger charge is -2.13. The summed E-state index contributed by atoms with van der Waals surface area (Å²) in [5.41, 5.74) is 12.1. The van der Waals surface area contributed by atoms with Crippen LogP contribution in [0.1, 0.15) is 0 Å². The largest absolute Gasteiger partial charge is 0.307 e. The van der Waals surface area contributed by atoms with Crippen molar-refractivity contribution >= 4 is 65.4 Å². The molecule has 5 heteroatoms. The van der Waals surface area contributed by atoms with Gasteiger partial charge in [-0.1, -0.05) is 146 Å². The first-order valence-corrected chi connectivity index (χ1v) is 19.0. The molecule has 0 amide bonds. The van der Waals surface area contributed by atoms with Crippen molar-refractivity contribution in [3.8, 4) is 45.3 Å². The van der Waals surface area contributed by atoms with Crippen LogP contribution in [0.25, 0.3) is 111 Å². The van der Waals surface area contributed by atoms with Crippen LogP contribution in [-0.2, 0) is 0 Å². The summed E-state index contributed by atoms with van der Waals surface area (Å²) in [7, 11) is 0. The predicted octanol–water partition coefficient (Wildman–Crippen LogP) is 12.8. The molecule has 12 rings (SSSR count). The van der Waals surface area contributed by atoms with Gasteiger partial charge in [0.25, 0.3) is 0 Å². The topological polar surface area (TPSA) is 47.5 Å². The quantitative estimate of drug-likeness (QED) is 0.182. The van der Waals surface area contributed by atoms with E-state index in [2.05, 4.69) is 173 Å². The van der Waals surface area contributed by atoms with Gasteiger partial charge in [-0.2, -0.15) is 0 Å². The molecule has 0 saturated heterocycles. The van der Waals surface area contributed by atoms with Gasteiger partial charge in [-0.05, 0) is 53.6 Å². The van der Waals surface area contributed by atoms with Gasteiger partial charge >= 0.3 is 0 Å². The number of benzene rings is 8. The molecular weight excluding hydrogens is 683 g/mol. The number of hydrogen-bond donors (Lipinski definition) is 0. The Balaban J connectivity index is 1.23. The number of fused-ring (bicyclic) bond motifs is 10. The number of hydrogen-bond acceptors (Lipinski definition) is 3. The minimum atomic E-state index is 0.627. The van der Waals surface area contributed by atoms with E-state index in [1.165, 1.54) is 32.7 Å². The monoisotopic (exact) mass is 713 g/mol. The van der Waals surface area contributed by atoms with Crippen LogP contribution in [0, 0.1) is 0 Å². The SMILES string of the molecule is c1ccc(-c2cccc(-c3nc(-c4ccccc4)nc(-c4cc5c6ccccc6n6c7cccc8c9ccccc9n(c9ccccc9c(c4)c56)c87)n3)c2)cc1. The smallest absolute Gasteiger partial charge is 0.164 e. The molecule has 260 valence electrons. The Bertz CT molecular complexity index is 3530. The third-order valence-corrected chi connectivity index (χ3v) is 11.3. The second kappa shape index (κ2) is 11.9. The lowest BCUT2D eigenvalue weighted by atomic mass is 10.0. The van der Waals surface area contributed by atoms with Crippen LogP contribution in [0.4, 0.5) is 0 Å². The lowest BCUT2D eigenvalue weighted by molar-refractivity contribution is 1.07. The molecule has 56 heavy (non-hydrogen) atoms. The third-order valence-electron chi connectivity index (χ3n) is 11.3. The molecule has 0 unspecified atom stereocenters. The molecule has 0 spiro atoms. The third kappa shape index (κ3) is 4.52. The first kappa shape index (κ1) is 30.8. The minimum Gasteiger partial charge on any atom is -0.307 e. The average Bonchev–Trinajstić information content (AvgIpc) is 3.79. The van der Waals surface area contributed by atoms with Crippen molar-refractivity contribution in [3.05, 3.63) is 188 Å². The van der Waals surface area contributed by atoms with Crippen molar-refractivity contribution < 1.29 is 0 Å². The molecule has 0 fully saturated rings. The van der Waals surface area contributed by atoms with Gasteiger partial charge in [0.05, 0.1) is 33.1 Å². The van der Waals surface area contributed by atoms with E-state index >= 15 is 0 Å². The summed E-state index contributed by atoms with van der Waals surface area (Å²) in [6, 6.07) is 66.7. The maximum atomic E-state index is 5.28. The van der Waals surface area contributed by atoms with Crippen LogP contribution in [0.2, 0.25) is 0 Å². The summed E-state index contributed by atoms with van der Waals surface area (Å²) in [6.07, 6.45) is 0. The minimum absolute atomic E-state index is 0.627. The fraction of sp³-hybridized carbons (Fsp3) is 0. The van der Waals surface area contributed by atoms with Gasteiger partial charge < -0.3 is 8.80 Å². The zero-order valence-electron chi connectivity index (χ0n) is 30.1. The Kier molecular flexibility index (Phi) is 6.56. The maximum Gasteiger partial charge on any atom is 0.164 e. The van der Waals surface area contributed by atoms with Gasteiger partial charge in [0.15, 0.2) is 17.5 Å². The Morgan fingerprint density at radius 2 is 0.661 bits per heavy atom. The fourth-order valence-electron chi connectivity index (χ4n) is 8.83. The van der Waals surface area contributed by atoms with E-state index in [1.54, 1.807) is 0 Å². The molecule has 12 aromatic rings. The highest BCUT2D eigenvalue weighted by molar-refractivity contribution is 6.24. The number of nitrogens with zero attached hydrogens (tertiary/aromatic N) is 5. The molecule has 0 saturated carbocycles. The summed E-state index contributed by atoms with van der Waals surface area (Å²) in [4.78, 5) is 15.6. The van der Waals surface area contributed by atoms with E-state index in [-0.39, 0.29) is 0 Å². The summed E-state index contributed by atoms with van der Waals surface area (Å²) in [6.45, 7) is 0. The Morgan fingerprint density at radius 3 is 1.29 bits per heavy atom. The molecule has 0 aliphatic heterocycles. The van der Waals surface area contributed by atoms with Crippen LogP contribution >= 0.6 is 0 Å². The standard InChI is InChI=1S/C51H31N5/c1-3-15-32(16-4-1)34-19-13-20-35(29-34)50-52-49(33-17-5-2-6-18-33)53-51(54-50)36-30-41-38-22-8-11-26-44(38)55-43-25-10-7-21-37(43)40-24-14-28-46(48(40)55)56-45-27-12-9-23-39(45)42(31-36)47(41)56/h1-31H. The maximum absolute atomic E-state index is 5.28. The van der Waals surface area contributed by atoms with Crippen molar-refractivity contribution in [2.24, 2.45) is 0 Å². The molecular formula is C51H31N5. The summed E-state index contributed by atoms with van der Waals surface area (Å²) in [5.74, 6) is 1.89. The molecule has 0 atom stereocenters. The van der Waals surface area contributed by atoms with Crippen molar-refractivity contribution in [2.75, 3.05) is 0 Å². The van der Waals surface area contributed by atoms with E-state index in [9.17, 15) is 0 Å². The normalized spacial score (nSPS) is 11.9. The molecule has 0 N–H and O–H groups in total. The van der Waals surface area contributed by atoms with Crippen molar-refractivity contribution in [1.82, 2.24) is 23.8 Å². The van der Waals surface area contributed by atoms with Crippen molar-refractivity contribution in [1.29, 1.82) is 0 Å². The molecule has 4 aromatic heterocycles. The second-order valence-electron chi connectivity index (χ2n) is 14.4. The predicted molar refractivity (Wildman–Crippen MR) is 231 cm³/mol. The van der Waals surface area contributed by atoms with Crippen LogP contribution < -0.4 is 0 Å². The molecule has 8 aromatic carbocycles. The van der Waals surface area contributed by atoms with Gasteiger partial charge in [0.2, 0.25) is 0 Å². The van der Waals surface area contributed by atoms with Gasteiger partial charge in [-0.3, -0.25) is 0 Å². The Morgan fingerprint density at radius 1 is 0.250 bits per heavy atom. The van der Waals surface area contributed by atoms with Gasteiger partial charge in [-0.15, -0.1) is 0 Å². The molecule has 5 nitrogen and oxygen atoms in total. The highest BCUT2D eigenvalue weighted by atomic mass is 15.0. The summed E-state index contributed by atoms with van der Waals surface area (Å²) < 4.78 is 4.93. The first-order chi connectivity index (χ1) is 27.8. The molecule has 0 aliphatic rings. The van der Waals surface area contributed by atoms with E-state index in [0.717, 1.165) is 60.5 Å². The highest BCUT2D eigenvalue weighted by Crippen LogP contribution is 2.42. The molecule has 0 bridgehead atoms. The van der Waals surface area contributed by atoms with Crippen molar-refractivity contribution in [2.45, 2.75) is 0 Å². The fourth-order valence-corrected chi connectivity index (χ4v) is 8.83. The van der Waals surface area contributed by atoms with Crippen LogP contribution in [0.5, 0.6) is 0 Å². The van der Waals surface area contributed by atoms with E-state index < -0.39 is 0 Å². The van der Waals surface area contributed by atoms with Gasteiger partial charge in [0.1, 0.15) is 0 Å².